The van der Waals surface area contributed by atoms with Gasteiger partial charge in [-0.25, -0.2) is 4.98 Å². The first-order chi connectivity index (χ1) is 8.20. The molecule has 0 aliphatic carbocycles. The van der Waals surface area contributed by atoms with Crippen molar-refractivity contribution in [3.63, 3.8) is 0 Å². The van der Waals surface area contributed by atoms with Gasteiger partial charge in [0.25, 0.3) is 5.56 Å². The SMILES string of the molecule is Cn1c(N)nc2nc[nH]c2c1=O.c1ccsc1. The highest BCUT2D eigenvalue weighted by atomic mass is 32.1. The first-order valence-corrected chi connectivity index (χ1v) is 5.77. The Morgan fingerprint density at radius 1 is 1.41 bits per heavy atom. The highest BCUT2D eigenvalue weighted by Crippen LogP contribution is 2.01. The number of fused-ring (bicyclic) bond motifs is 1. The zero-order chi connectivity index (χ0) is 12.3. The van der Waals surface area contributed by atoms with Crippen molar-refractivity contribution in [3.8, 4) is 0 Å². The lowest BCUT2D eigenvalue weighted by Crippen LogP contribution is -2.21. The quantitative estimate of drug-likeness (QED) is 0.621. The van der Waals surface area contributed by atoms with Gasteiger partial charge in [-0.05, 0) is 10.8 Å². The first-order valence-electron chi connectivity index (χ1n) is 4.83. The largest absolute Gasteiger partial charge is 0.369 e. The zero-order valence-corrected chi connectivity index (χ0v) is 9.94. The van der Waals surface area contributed by atoms with Gasteiger partial charge >= 0.3 is 0 Å². The van der Waals surface area contributed by atoms with Crippen molar-refractivity contribution in [2.75, 3.05) is 5.73 Å². The summed E-state index contributed by atoms with van der Waals surface area (Å²) in [6.45, 7) is 0. The molecule has 3 aromatic heterocycles. The fraction of sp³-hybridized carbons (Fsp3) is 0.100. The second-order valence-electron chi connectivity index (χ2n) is 3.23. The minimum Gasteiger partial charge on any atom is -0.369 e. The van der Waals surface area contributed by atoms with Crippen LogP contribution in [0, 0.1) is 0 Å². The molecule has 3 heterocycles. The van der Waals surface area contributed by atoms with Gasteiger partial charge in [0.2, 0.25) is 5.95 Å². The fourth-order valence-electron chi connectivity index (χ4n) is 1.21. The molecule has 0 radical (unpaired) electrons. The van der Waals surface area contributed by atoms with E-state index in [9.17, 15) is 4.79 Å². The summed E-state index contributed by atoms with van der Waals surface area (Å²) >= 11 is 1.71. The van der Waals surface area contributed by atoms with E-state index >= 15 is 0 Å². The highest BCUT2D eigenvalue weighted by molar-refractivity contribution is 7.07. The maximum Gasteiger partial charge on any atom is 0.280 e. The molecule has 88 valence electrons. The van der Waals surface area contributed by atoms with Crippen LogP contribution in [0.4, 0.5) is 5.95 Å². The molecule has 0 spiro atoms. The van der Waals surface area contributed by atoms with Crippen LogP contribution in [0.3, 0.4) is 0 Å². The summed E-state index contributed by atoms with van der Waals surface area (Å²) in [6, 6.07) is 4.04. The van der Waals surface area contributed by atoms with Gasteiger partial charge in [-0.1, -0.05) is 12.1 Å². The Kier molecular flexibility index (Phi) is 3.20. The van der Waals surface area contributed by atoms with Gasteiger partial charge in [0.1, 0.15) is 0 Å². The molecule has 3 rings (SSSR count). The minimum atomic E-state index is -0.213. The van der Waals surface area contributed by atoms with E-state index in [1.165, 1.54) is 10.9 Å². The summed E-state index contributed by atoms with van der Waals surface area (Å²) in [5.74, 6) is 0.166. The number of anilines is 1. The van der Waals surface area contributed by atoms with Crippen LogP contribution in [0.15, 0.2) is 34.0 Å². The summed E-state index contributed by atoms with van der Waals surface area (Å²) in [6.07, 6.45) is 1.42. The van der Waals surface area contributed by atoms with Crippen LogP contribution in [0.5, 0.6) is 0 Å². The van der Waals surface area contributed by atoms with Crippen LogP contribution < -0.4 is 11.3 Å². The van der Waals surface area contributed by atoms with E-state index in [0.717, 1.165) is 0 Å². The lowest BCUT2D eigenvalue weighted by molar-refractivity contribution is 0.858. The Labute approximate surface area is 101 Å². The van der Waals surface area contributed by atoms with Crippen LogP contribution in [0.2, 0.25) is 0 Å². The number of nitrogen functional groups attached to an aromatic ring is 1. The highest BCUT2D eigenvalue weighted by Gasteiger charge is 2.06. The van der Waals surface area contributed by atoms with Gasteiger partial charge in [-0.2, -0.15) is 16.3 Å². The lowest BCUT2D eigenvalue weighted by Gasteiger charge is -1.99. The predicted octanol–water partition coefficient (Wildman–Crippen LogP) is 0.987. The molecule has 0 saturated heterocycles. The Bertz CT molecular complexity index is 638. The maximum atomic E-state index is 11.4. The van der Waals surface area contributed by atoms with Crippen LogP contribution in [-0.4, -0.2) is 19.5 Å². The lowest BCUT2D eigenvalue weighted by atomic mass is 10.5. The van der Waals surface area contributed by atoms with Crippen molar-refractivity contribution in [3.05, 3.63) is 39.6 Å². The predicted molar refractivity (Wildman–Crippen MR) is 67.9 cm³/mol. The fourth-order valence-corrected chi connectivity index (χ4v) is 1.66. The van der Waals surface area contributed by atoms with Gasteiger partial charge < -0.3 is 10.7 Å². The Hall–Kier alpha value is -2.15. The molecule has 0 aliphatic rings. The van der Waals surface area contributed by atoms with E-state index in [1.807, 2.05) is 22.9 Å². The molecular weight excluding hydrogens is 238 g/mol. The average molecular weight is 249 g/mol. The van der Waals surface area contributed by atoms with E-state index in [-0.39, 0.29) is 11.5 Å². The molecule has 0 aromatic carbocycles. The van der Waals surface area contributed by atoms with Crippen molar-refractivity contribution in [2.24, 2.45) is 7.05 Å². The summed E-state index contributed by atoms with van der Waals surface area (Å²) in [7, 11) is 1.56. The number of hydrogen-bond donors (Lipinski definition) is 2. The molecule has 0 bridgehead atoms. The number of thiophene rings is 1. The Morgan fingerprint density at radius 2 is 2.12 bits per heavy atom. The van der Waals surface area contributed by atoms with Gasteiger partial charge in [0.15, 0.2) is 11.2 Å². The third-order valence-electron chi connectivity index (χ3n) is 2.13. The van der Waals surface area contributed by atoms with E-state index in [1.54, 1.807) is 18.4 Å². The third kappa shape index (κ3) is 2.34. The summed E-state index contributed by atoms with van der Waals surface area (Å²) in [5.41, 5.74) is 5.97. The number of aromatic amines is 1. The second kappa shape index (κ2) is 4.79. The van der Waals surface area contributed by atoms with Crippen molar-refractivity contribution in [1.82, 2.24) is 19.5 Å². The van der Waals surface area contributed by atoms with Crippen molar-refractivity contribution < 1.29 is 0 Å². The molecule has 3 aromatic rings. The first kappa shape index (κ1) is 11.3. The van der Waals surface area contributed by atoms with Gasteiger partial charge in [0.05, 0.1) is 6.33 Å². The van der Waals surface area contributed by atoms with E-state index in [0.29, 0.717) is 11.2 Å². The number of nitrogens with one attached hydrogen (secondary N) is 1. The molecule has 3 N–H and O–H groups in total. The number of imidazole rings is 1. The molecule has 7 heteroatoms. The van der Waals surface area contributed by atoms with Gasteiger partial charge in [-0.15, -0.1) is 0 Å². The zero-order valence-electron chi connectivity index (χ0n) is 9.12. The van der Waals surface area contributed by atoms with Crippen LogP contribution >= 0.6 is 11.3 Å². The third-order valence-corrected chi connectivity index (χ3v) is 2.76. The molecule has 17 heavy (non-hydrogen) atoms. The average Bonchev–Trinajstić information content (AvgIpc) is 2.99. The minimum absolute atomic E-state index is 0.166. The summed E-state index contributed by atoms with van der Waals surface area (Å²) in [4.78, 5) is 21.8. The molecule has 0 saturated carbocycles. The molecule has 0 fully saturated rings. The molecular formula is C10H11N5OS. The molecule has 0 atom stereocenters. The monoisotopic (exact) mass is 249 g/mol. The standard InChI is InChI=1S/C6H7N5O.C4H4S/c1-11-5(12)3-4(9-2-8-3)10-6(11)7;1-2-4-5-3-1/h2H,1H3,(H2,7,10)(H,8,9);1-4H. The number of hydrogen-bond acceptors (Lipinski definition) is 5. The van der Waals surface area contributed by atoms with E-state index in [2.05, 4.69) is 15.0 Å². The number of nitrogens with two attached hydrogens (primary N) is 1. The van der Waals surface area contributed by atoms with E-state index < -0.39 is 0 Å². The van der Waals surface area contributed by atoms with Crippen molar-refractivity contribution in [1.29, 1.82) is 0 Å². The Morgan fingerprint density at radius 3 is 2.71 bits per heavy atom. The molecule has 0 amide bonds. The Balaban J connectivity index is 0.000000181. The molecule has 6 nitrogen and oxygen atoms in total. The normalized spacial score (nSPS) is 9.94. The van der Waals surface area contributed by atoms with E-state index in [4.69, 9.17) is 5.73 Å². The smallest absolute Gasteiger partial charge is 0.280 e. The summed E-state index contributed by atoms with van der Waals surface area (Å²) < 4.78 is 1.26. The molecule has 0 aliphatic heterocycles. The summed E-state index contributed by atoms with van der Waals surface area (Å²) in [5, 5.41) is 4.08. The van der Waals surface area contributed by atoms with Gasteiger partial charge in [0, 0.05) is 7.05 Å². The number of aromatic nitrogens is 4. The van der Waals surface area contributed by atoms with Crippen LogP contribution in [-0.2, 0) is 7.05 Å². The maximum absolute atomic E-state index is 11.4. The van der Waals surface area contributed by atoms with Crippen molar-refractivity contribution in [2.45, 2.75) is 0 Å². The van der Waals surface area contributed by atoms with Gasteiger partial charge in [-0.3, -0.25) is 9.36 Å². The van der Waals surface area contributed by atoms with Crippen LogP contribution in [0.25, 0.3) is 11.2 Å². The molecule has 0 unspecified atom stereocenters. The van der Waals surface area contributed by atoms with Crippen LogP contribution in [0.1, 0.15) is 0 Å². The van der Waals surface area contributed by atoms with Crippen molar-refractivity contribution >= 4 is 28.4 Å². The number of rotatable bonds is 0. The second-order valence-corrected chi connectivity index (χ2v) is 4.04. The number of nitrogens with zero attached hydrogens (tertiary/aromatic N) is 3. The topological polar surface area (TPSA) is 89.6 Å². The number of H-pyrrole nitrogens is 1.